The Morgan fingerprint density at radius 2 is 2.00 bits per heavy atom. The highest BCUT2D eigenvalue weighted by Gasteiger charge is 2.28. The SMILES string of the molecule is CCc1cc(/C(C)=N/OCc2ccc(-c3cnc(F)cn3)c(F)c2)ccc1CN1CC[C@H](C(=O)O)C1. The molecule has 1 fully saturated rings. The van der Waals surface area contributed by atoms with Crippen LogP contribution in [-0.4, -0.2) is 44.7 Å². The second kappa shape index (κ2) is 11.3. The number of benzene rings is 2. The van der Waals surface area contributed by atoms with E-state index in [0.717, 1.165) is 31.3 Å². The van der Waals surface area contributed by atoms with Crippen molar-refractivity contribution in [2.75, 3.05) is 13.1 Å². The van der Waals surface area contributed by atoms with Crippen molar-refractivity contribution in [1.82, 2.24) is 14.9 Å². The van der Waals surface area contributed by atoms with Crippen LogP contribution < -0.4 is 0 Å². The van der Waals surface area contributed by atoms with Crippen molar-refractivity contribution in [3.63, 3.8) is 0 Å². The Bertz CT molecular complexity index is 1260. The van der Waals surface area contributed by atoms with E-state index in [1.807, 2.05) is 13.0 Å². The zero-order valence-electron chi connectivity index (χ0n) is 20.2. The predicted molar refractivity (Wildman–Crippen MR) is 131 cm³/mol. The molecule has 188 valence electrons. The van der Waals surface area contributed by atoms with Gasteiger partial charge in [-0.15, -0.1) is 0 Å². The van der Waals surface area contributed by atoms with Crippen LogP contribution >= 0.6 is 0 Å². The van der Waals surface area contributed by atoms with E-state index in [4.69, 9.17) is 4.84 Å². The molecular weight excluding hydrogens is 466 g/mol. The summed E-state index contributed by atoms with van der Waals surface area (Å²) in [6.07, 6.45) is 3.66. The van der Waals surface area contributed by atoms with Crippen molar-refractivity contribution < 1.29 is 23.5 Å². The molecule has 0 amide bonds. The molecule has 4 rings (SSSR count). The molecule has 1 N–H and O–H groups in total. The molecule has 0 spiro atoms. The molecule has 1 aromatic heterocycles. The molecule has 2 heterocycles. The lowest BCUT2D eigenvalue weighted by molar-refractivity contribution is -0.141. The van der Waals surface area contributed by atoms with E-state index in [-0.39, 0.29) is 23.8 Å². The van der Waals surface area contributed by atoms with Gasteiger partial charge in [-0.1, -0.05) is 30.3 Å². The summed E-state index contributed by atoms with van der Waals surface area (Å²) in [5, 5.41) is 13.4. The summed E-state index contributed by atoms with van der Waals surface area (Å²) < 4.78 is 27.5. The molecule has 36 heavy (non-hydrogen) atoms. The summed E-state index contributed by atoms with van der Waals surface area (Å²) in [6.45, 7) is 6.12. The van der Waals surface area contributed by atoms with Crippen molar-refractivity contribution in [1.29, 1.82) is 0 Å². The van der Waals surface area contributed by atoms with Gasteiger partial charge < -0.3 is 9.94 Å². The van der Waals surface area contributed by atoms with Crippen LogP contribution in [0.4, 0.5) is 8.78 Å². The highest BCUT2D eigenvalue weighted by Crippen LogP contribution is 2.23. The van der Waals surface area contributed by atoms with Gasteiger partial charge in [0.1, 0.15) is 12.4 Å². The van der Waals surface area contributed by atoms with E-state index in [9.17, 15) is 18.7 Å². The van der Waals surface area contributed by atoms with Crippen LogP contribution in [0.25, 0.3) is 11.3 Å². The molecule has 1 saturated heterocycles. The van der Waals surface area contributed by atoms with Crippen LogP contribution in [0.15, 0.2) is 53.9 Å². The van der Waals surface area contributed by atoms with Crippen LogP contribution in [0.3, 0.4) is 0 Å². The largest absolute Gasteiger partial charge is 0.481 e. The van der Waals surface area contributed by atoms with Gasteiger partial charge in [0.25, 0.3) is 0 Å². The number of hydrogen-bond donors (Lipinski definition) is 1. The van der Waals surface area contributed by atoms with E-state index < -0.39 is 17.7 Å². The van der Waals surface area contributed by atoms with Crippen molar-refractivity contribution >= 4 is 11.7 Å². The summed E-state index contributed by atoms with van der Waals surface area (Å²) in [4.78, 5) is 26.3. The molecule has 9 heteroatoms. The summed E-state index contributed by atoms with van der Waals surface area (Å²) in [5.41, 5.74) is 5.06. The Labute approximate surface area is 208 Å². The maximum Gasteiger partial charge on any atom is 0.307 e. The molecule has 0 bridgehead atoms. The molecule has 0 saturated carbocycles. The third-order valence-electron chi connectivity index (χ3n) is 6.38. The molecule has 1 aliphatic heterocycles. The maximum absolute atomic E-state index is 14.5. The van der Waals surface area contributed by atoms with Crippen molar-refractivity contribution in [3.05, 3.63) is 82.8 Å². The fourth-order valence-electron chi connectivity index (χ4n) is 4.32. The molecule has 7 nitrogen and oxygen atoms in total. The van der Waals surface area contributed by atoms with Gasteiger partial charge >= 0.3 is 5.97 Å². The number of likely N-dealkylation sites (tertiary alicyclic amines) is 1. The zero-order valence-corrected chi connectivity index (χ0v) is 20.2. The number of nitrogens with zero attached hydrogens (tertiary/aromatic N) is 4. The van der Waals surface area contributed by atoms with E-state index in [1.165, 1.54) is 23.4 Å². The summed E-state index contributed by atoms with van der Waals surface area (Å²) >= 11 is 0. The van der Waals surface area contributed by atoms with Gasteiger partial charge in [0.05, 0.1) is 29.7 Å². The van der Waals surface area contributed by atoms with Gasteiger partial charge in [-0.25, -0.2) is 14.4 Å². The van der Waals surface area contributed by atoms with Gasteiger partial charge in [0.15, 0.2) is 0 Å². The highest BCUT2D eigenvalue weighted by atomic mass is 19.1. The number of carboxylic acid groups (broad SMARTS) is 1. The average Bonchev–Trinajstić information content (AvgIpc) is 3.34. The molecule has 1 atom stereocenters. The number of carboxylic acids is 1. The highest BCUT2D eigenvalue weighted by molar-refractivity contribution is 5.98. The van der Waals surface area contributed by atoms with E-state index in [1.54, 1.807) is 12.1 Å². The van der Waals surface area contributed by atoms with Gasteiger partial charge in [-0.05, 0) is 66.8 Å². The Morgan fingerprint density at radius 1 is 1.17 bits per heavy atom. The molecular formula is C27H28F2N4O3. The van der Waals surface area contributed by atoms with Crippen LogP contribution in [0.1, 0.15) is 42.5 Å². The molecule has 0 radical (unpaired) electrons. The standard InChI is InChI=1S/C27H28F2N4O3/c1-3-19-11-20(5-6-21(19)14-33-9-8-22(15-33)27(34)35)17(2)32-36-16-18-4-7-23(24(28)10-18)25-12-31-26(29)13-30-25/h4-7,10-13,22H,3,8-9,14-16H2,1-2H3,(H,34,35)/b32-17+/t22-/m0/s1. The van der Waals surface area contributed by atoms with Gasteiger partial charge in [-0.2, -0.15) is 4.39 Å². The zero-order chi connectivity index (χ0) is 25.7. The molecule has 0 aliphatic carbocycles. The summed E-state index contributed by atoms with van der Waals surface area (Å²) in [6, 6.07) is 10.7. The van der Waals surface area contributed by atoms with E-state index in [0.29, 0.717) is 24.2 Å². The summed E-state index contributed by atoms with van der Waals surface area (Å²) in [5.74, 6) is -2.24. The van der Waals surface area contributed by atoms with Gasteiger partial charge in [-0.3, -0.25) is 9.69 Å². The predicted octanol–water partition coefficient (Wildman–Crippen LogP) is 4.83. The Balaban J connectivity index is 1.38. The fourth-order valence-corrected chi connectivity index (χ4v) is 4.32. The topological polar surface area (TPSA) is 87.9 Å². The number of rotatable bonds is 9. The molecule has 0 unspecified atom stereocenters. The van der Waals surface area contributed by atoms with Crippen molar-refractivity contribution in [3.8, 4) is 11.3 Å². The van der Waals surface area contributed by atoms with E-state index >= 15 is 0 Å². The van der Waals surface area contributed by atoms with E-state index in [2.05, 4.69) is 39.1 Å². The second-order valence-corrected chi connectivity index (χ2v) is 8.88. The first-order valence-corrected chi connectivity index (χ1v) is 11.8. The minimum atomic E-state index is -0.726. The second-order valence-electron chi connectivity index (χ2n) is 8.88. The minimum absolute atomic E-state index is 0.0854. The van der Waals surface area contributed by atoms with Crippen LogP contribution in [0, 0.1) is 17.7 Å². The van der Waals surface area contributed by atoms with Crippen LogP contribution in [0.2, 0.25) is 0 Å². The number of aliphatic carboxylic acids is 1. The first-order chi connectivity index (χ1) is 17.3. The molecule has 1 aliphatic rings. The normalized spacial score (nSPS) is 16.3. The van der Waals surface area contributed by atoms with Gasteiger partial charge in [0.2, 0.25) is 5.95 Å². The molecule has 2 aromatic carbocycles. The lowest BCUT2D eigenvalue weighted by atomic mass is 9.99. The van der Waals surface area contributed by atoms with Crippen LogP contribution in [-0.2, 0) is 29.2 Å². The van der Waals surface area contributed by atoms with Crippen LogP contribution in [0.5, 0.6) is 0 Å². The number of hydrogen-bond acceptors (Lipinski definition) is 6. The number of carbonyl (C=O) groups is 1. The quantitative estimate of drug-likeness (QED) is 0.339. The molecule has 3 aromatic rings. The first-order valence-electron chi connectivity index (χ1n) is 11.8. The minimum Gasteiger partial charge on any atom is -0.481 e. The van der Waals surface area contributed by atoms with Crippen molar-refractivity contribution in [2.45, 2.75) is 39.8 Å². The van der Waals surface area contributed by atoms with Crippen molar-refractivity contribution in [2.24, 2.45) is 11.1 Å². The first kappa shape index (κ1) is 25.4. The average molecular weight is 495 g/mol. The van der Waals surface area contributed by atoms with Gasteiger partial charge in [0, 0.05) is 18.7 Å². The fraction of sp³-hybridized carbons (Fsp3) is 0.333. The number of aromatic nitrogens is 2. The Hall–Kier alpha value is -3.72. The smallest absolute Gasteiger partial charge is 0.307 e. The Kier molecular flexibility index (Phi) is 8.00. The number of aryl methyl sites for hydroxylation is 1. The lowest BCUT2D eigenvalue weighted by Gasteiger charge is -2.18. The maximum atomic E-state index is 14.5. The lowest BCUT2D eigenvalue weighted by Crippen LogP contribution is -2.23. The monoisotopic (exact) mass is 494 g/mol. The summed E-state index contributed by atoms with van der Waals surface area (Å²) in [7, 11) is 0. The number of halogens is 2. The number of oxime groups is 1. The third-order valence-corrected chi connectivity index (χ3v) is 6.38. The Morgan fingerprint density at radius 3 is 2.67 bits per heavy atom. The third kappa shape index (κ3) is 6.09.